The van der Waals surface area contributed by atoms with Crippen LogP contribution in [0.2, 0.25) is 0 Å². The Morgan fingerprint density at radius 1 is 1.19 bits per heavy atom. The fourth-order valence-electron chi connectivity index (χ4n) is 3.48. The molecule has 3 amide bonds. The number of benzene rings is 1. The fourth-order valence-corrected chi connectivity index (χ4v) is 4.87. The van der Waals surface area contributed by atoms with Gasteiger partial charge < -0.3 is 24.6 Å². The van der Waals surface area contributed by atoms with Crippen molar-refractivity contribution in [3.05, 3.63) is 29.8 Å². The van der Waals surface area contributed by atoms with Gasteiger partial charge in [-0.15, -0.1) is 0 Å². The van der Waals surface area contributed by atoms with Crippen molar-refractivity contribution in [2.75, 3.05) is 24.8 Å². The van der Waals surface area contributed by atoms with Gasteiger partial charge in [-0.3, -0.25) is 18.9 Å². The number of anilines is 1. The van der Waals surface area contributed by atoms with E-state index in [2.05, 4.69) is 10.6 Å². The molecule has 0 bridgehead atoms. The molecule has 0 aromatic heterocycles. The number of fused-ring (bicyclic) bond motifs is 1. The average molecular weight is 453 g/mol. The molecule has 0 saturated carbocycles. The van der Waals surface area contributed by atoms with E-state index in [9.17, 15) is 18.9 Å². The van der Waals surface area contributed by atoms with E-state index in [0.29, 0.717) is 17.7 Å². The molecule has 2 rings (SSSR count). The molecule has 2 unspecified atom stereocenters. The smallest absolute Gasteiger partial charge is 0.343 e. The van der Waals surface area contributed by atoms with Crippen LogP contribution in [0.3, 0.4) is 0 Å². The summed E-state index contributed by atoms with van der Waals surface area (Å²) < 4.78 is 23.2. The van der Waals surface area contributed by atoms with E-state index in [-0.39, 0.29) is 31.3 Å². The Hall–Kier alpha value is -2.22. The summed E-state index contributed by atoms with van der Waals surface area (Å²) in [7, 11) is -3.51. The zero-order valence-electron chi connectivity index (χ0n) is 18.7. The molecule has 0 aliphatic carbocycles. The lowest BCUT2D eigenvalue weighted by atomic mass is 9.99. The van der Waals surface area contributed by atoms with Gasteiger partial charge in [0.05, 0.1) is 24.5 Å². The summed E-state index contributed by atoms with van der Waals surface area (Å²) in [6.45, 7) is 9.14. The average Bonchev–Trinajstić information content (AvgIpc) is 2.80. The molecule has 2 atom stereocenters. The van der Waals surface area contributed by atoms with E-state index in [1.165, 1.54) is 4.90 Å². The van der Waals surface area contributed by atoms with Gasteiger partial charge in [-0.25, -0.2) is 0 Å². The Bertz CT molecular complexity index is 849. The van der Waals surface area contributed by atoms with Crippen LogP contribution in [0.25, 0.3) is 0 Å². The number of amides is 3. The molecule has 0 saturated heterocycles. The number of nitrogens with one attached hydrogen (secondary N) is 2. The Morgan fingerprint density at radius 3 is 2.39 bits per heavy atom. The van der Waals surface area contributed by atoms with Crippen molar-refractivity contribution in [2.24, 2.45) is 5.92 Å². The highest BCUT2D eigenvalue weighted by Gasteiger charge is 2.40. The number of hydrogen-bond donors (Lipinski definition) is 2. The number of hydrogen-bond acceptors (Lipinski definition) is 6. The normalized spacial score (nSPS) is 17.7. The summed E-state index contributed by atoms with van der Waals surface area (Å²) in [6.07, 6.45) is 0.00619. The van der Waals surface area contributed by atoms with Crippen molar-refractivity contribution in [1.82, 2.24) is 10.2 Å². The highest BCUT2D eigenvalue weighted by atomic mass is 31.2. The Balaban J connectivity index is 2.35. The van der Waals surface area contributed by atoms with Crippen LogP contribution >= 0.6 is 7.60 Å². The SMILES string of the molecule is CCOP(=O)(CNC(=O)C(CC(C)C)N1C(=O)c2ccccc2NC(=O)C1C)OCC. The molecule has 172 valence electrons. The Labute approximate surface area is 183 Å². The van der Waals surface area contributed by atoms with E-state index < -0.39 is 31.5 Å². The summed E-state index contributed by atoms with van der Waals surface area (Å²) in [5, 5.41) is 5.37. The van der Waals surface area contributed by atoms with Crippen LogP contribution in [0.15, 0.2) is 24.3 Å². The van der Waals surface area contributed by atoms with Gasteiger partial charge in [0.15, 0.2) is 0 Å². The van der Waals surface area contributed by atoms with Crippen LogP contribution in [0, 0.1) is 5.92 Å². The molecule has 0 fully saturated rings. The first-order valence-electron chi connectivity index (χ1n) is 10.5. The van der Waals surface area contributed by atoms with Crippen LogP contribution in [-0.2, 0) is 23.2 Å². The Kier molecular flexibility index (Phi) is 8.79. The van der Waals surface area contributed by atoms with E-state index in [1.54, 1.807) is 45.0 Å². The van der Waals surface area contributed by atoms with Crippen molar-refractivity contribution < 1.29 is 28.0 Å². The maximum Gasteiger partial charge on any atom is 0.349 e. The maximum absolute atomic E-state index is 13.4. The minimum Gasteiger partial charge on any atom is -0.343 e. The predicted octanol–water partition coefficient (Wildman–Crippen LogP) is 3.22. The van der Waals surface area contributed by atoms with E-state index >= 15 is 0 Å². The summed E-state index contributed by atoms with van der Waals surface area (Å²) in [5.41, 5.74) is 0.726. The molecule has 1 aromatic carbocycles. The molecule has 0 spiro atoms. The quantitative estimate of drug-likeness (QED) is 0.526. The van der Waals surface area contributed by atoms with Gasteiger partial charge in [-0.2, -0.15) is 0 Å². The zero-order chi connectivity index (χ0) is 23.2. The first kappa shape index (κ1) is 25.0. The largest absolute Gasteiger partial charge is 0.349 e. The first-order chi connectivity index (χ1) is 14.6. The second-order valence-corrected chi connectivity index (χ2v) is 9.77. The van der Waals surface area contributed by atoms with Crippen LogP contribution in [-0.4, -0.2) is 54.2 Å². The van der Waals surface area contributed by atoms with Crippen molar-refractivity contribution >= 4 is 31.0 Å². The summed E-state index contributed by atoms with van der Waals surface area (Å²) in [4.78, 5) is 40.6. The zero-order valence-corrected chi connectivity index (χ0v) is 19.6. The van der Waals surface area contributed by atoms with Crippen molar-refractivity contribution in [3.8, 4) is 0 Å². The third kappa shape index (κ3) is 6.15. The molecule has 10 heteroatoms. The van der Waals surface area contributed by atoms with Gasteiger partial charge in [-0.05, 0) is 45.2 Å². The van der Waals surface area contributed by atoms with E-state index in [1.807, 2.05) is 13.8 Å². The number of nitrogens with zero attached hydrogens (tertiary/aromatic N) is 1. The molecule has 1 aliphatic heterocycles. The van der Waals surface area contributed by atoms with Gasteiger partial charge >= 0.3 is 7.60 Å². The molecule has 0 radical (unpaired) electrons. The fraction of sp³-hybridized carbons (Fsp3) is 0.571. The van der Waals surface area contributed by atoms with Gasteiger partial charge in [0.25, 0.3) is 5.91 Å². The van der Waals surface area contributed by atoms with Crippen LogP contribution in [0.4, 0.5) is 5.69 Å². The number of para-hydroxylation sites is 1. The van der Waals surface area contributed by atoms with Gasteiger partial charge in [0.2, 0.25) is 11.8 Å². The lowest BCUT2D eigenvalue weighted by Crippen LogP contribution is -2.55. The minimum absolute atomic E-state index is 0.0582. The molecule has 2 N–H and O–H groups in total. The first-order valence-corrected chi connectivity index (χ1v) is 12.2. The maximum atomic E-state index is 13.4. The molecule has 1 heterocycles. The van der Waals surface area contributed by atoms with Crippen LogP contribution < -0.4 is 10.6 Å². The van der Waals surface area contributed by atoms with E-state index in [4.69, 9.17) is 9.05 Å². The number of carbonyl (C=O) groups excluding carboxylic acids is 3. The highest BCUT2D eigenvalue weighted by Crippen LogP contribution is 2.46. The van der Waals surface area contributed by atoms with Gasteiger partial charge in [0, 0.05) is 0 Å². The third-order valence-corrected chi connectivity index (χ3v) is 6.73. The van der Waals surface area contributed by atoms with Crippen molar-refractivity contribution in [2.45, 2.75) is 53.1 Å². The summed E-state index contributed by atoms with van der Waals surface area (Å²) in [6, 6.07) is 4.89. The lowest BCUT2D eigenvalue weighted by Gasteiger charge is -2.34. The standard InChI is InChI=1S/C21H32N3O6P/c1-6-29-31(28,30-7-2)13-22-20(26)18(12-14(3)4)24-15(5)19(25)23-17-11-9-8-10-16(17)21(24)27/h8-11,14-15,18H,6-7,12-13H2,1-5H3,(H,22,26)(H,23,25). The Morgan fingerprint density at radius 2 is 1.81 bits per heavy atom. The lowest BCUT2D eigenvalue weighted by molar-refractivity contribution is -0.129. The summed E-state index contributed by atoms with van der Waals surface area (Å²) in [5.74, 6) is -1.25. The van der Waals surface area contributed by atoms with Crippen LogP contribution in [0.1, 0.15) is 51.4 Å². The summed E-state index contributed by atoms with van der Waals surface area (Å²) >= 11 is 0. The highest BCUT2D eigenvalue weighted by molar-refractivity contribution is 7.53. The molecular formula is C21H32N3O6P. The predicted molar refractivity (Wildman–Crippen MR) is 118 cm³/mol. The molecule has 31 heavy (non-hydrogen) atoms. The minimum atomic E-state index is -3.51. The topological polar surface area (TPSA) is 114 Å². The van der Waals surface area contributed by atoms with E-state index in [0.717, 1.165) is 0 Å². The second-order valence-electron chi connectivity index (χ2n) is 7.71. The molecule has 9 nitrogen and oxygen atoms in total. The van der Waals surface area contributed by atoms with Gasteiger partial charge in [0.1, 0.15) is 18.4 Å². The molecular weight excluding hydrogens is 421 g/mol. The number of carbonyl (C=O) groups is 3. The van der Waals surface area contributed by atoms with Gasteiger partial charge in [-0.1, -0.05) is 26.0 Å². The molecule has 1 aliphatic rings. The number of rotatable bonds is 10. The monoisotopic (exact) mass is 453 g/mol. The van der Waals surface area contributed by atoms with Crippen molar-refractivity contribution in [3.63, 3.8) is 0 Å². The molecule has 1 aromatic rings. The third-order valence-electron chi connectivity index (χ3n) is 4.88. The second kappa shape index (κ2) is 10.9. The van der Waals surface area contributed by atoms with Crippen molar-refractivity contribution in [1.29, 1.82) is 0 Å². The van der Waals surface area contributed by atoms with Crippen LogP contribution in [0.5, 0.6) is 0 Å².